The fourth-order valence-electron chi connectivity index (χ4n) is 1.97. The van der Waals surface area contributed by atoms with E-state index in [1.54, 1.807) is 40.8 Å². The predicted octanol–water partition coefficient (Wildman–Crippen LogP) is 1.87. The van der Waals surface area contributed by atoms with Gasteiger partial charge in [-0.05, 0) is 43.3 Å². The normalized spacial score (nSPS) is 10.7. The Bertz CT molecular complexity index is 776. The number of amides is 1. The highest BCUT2D eigenvalue weighted by Crippen LogP contribution is 2.15. The van der Waals surface area contributed by atoms with E-state index in [0.717, 1.165) is 5.82 Å². The summed E-state index contributed by atoms with van der Waals surface area (Å²) in [6.45, 7) is 1.83. The molecule has 20 heavy (non-hydrogen) atoms. The molecule has 2 heterocycles. The molecule has 0 aliphatic carbocycles. The monoisotopic (exact) mass is 267 g/mol. The average Bonchev–Trinajstić information content (AvgIpc) is 2.83. The van der Waals surface area contributed by atoms with E-state index in [0.29, 0.717) is 22.6 Å². The summed E-state index contributed by atoms with van der Waals surface area (Å²) >= 11 is 0. The molecular formula is C14H13N5O. The van der Waals surface area contributed by atoms with E-state index in [-0.39, 0.29) is 5.91 Å². The lowest BCUT2D eigenvalue weighted by molar-refractivity contribution is 0.102. The third-order valence-corrected chi connectivity index (χ3v) is 3.02. The molecular weight excluding hydrogens is 254 g/mol. The first-order valence-electron chi connectivity index (χ1n) is 6.12. The molecule has 0 aliphatic rings. The number of hydrogen-bond acceptors (Lipinski definition) is 4. The quantitative estimate of drug-likeness (QED) is 0.694. The lowest BCUT2D eigenvalue weighted by Gasteiger charge is -2.06. The van der Waals surface area contributed by atoms with Gasteiger partial charge in [0.1, 0.15) is 5.82 Å². The Kier molecular flexibility index (Phi) is 2.83. The largest absolute Gasteiger partial charge is 0.399 e. The number of nitrogens with two attached hydrogens (primary N) is 1. The van der Waals surface area contributed by atoms with Gasteiger partial charge in [0.2, 0.25) is 0 Å². The molecule has 0 atom stereocenters. The number of nitrogens with one attached hydrogen (secondary N) is 1. The first-order chi connectivity index (χ1) is 9.65. The molecule has 0 unspecified atom stereocenters. The van der Waals surface area contributed by atoms with Crippen LogP contribution in [0.1, 0.15) is 16.2 Å². The predicted molar refractivity (Wildman–Crippen MR) is 76.5 cm³/mol. The molecule has 0 aliphatic heterocycles. The zero-order chi connectivity index (χ0) is 14.1. The Hall–Kier alpha value is -2.89. The van der Waals surface area contributed by atoms with Gasteiger partial charge in [-0.15, -0.1) is 10.2 Å². The van der Waals surface area contributed by atoms with Crippen molar-refractivity contribution in [3.63, 3.8) is 0 Å². The van der Waals surface area contributed by atoms with Crippen LogP contribution in [0.5, 0.6) is 0 Å². The topological polar surface area (TPSA) is 85.3 Å². The number of carbonyl (C=O) groups is 1. The van der Waals surface area contributed by atoms with Crippen LogP contribution in [0.2, 0.25) is 0 Å². The maximum atomic E-state index is 12.3. The molecule has 6 nitrogen and oxygen atoms in total. The van der Waals surface area contributed by atoms with Crippen LogP contribution in [0, 0.1) is 6.92 Å². The molecule has 0 spiro atoms. The number of anilines is 2. The summed E-state index contributed by atoms with van der Waals surface area (Å²) in [5.41, 5.74) is 7.96. The Morgan fingerprint density at radius 1 is 1.20 bits per heavy atom. The minimum absolute atomic E-state index is 0.229. The SMILES string of the molecule is Cc1nnc2c(C(=O)Nc3ccc(N)cc3)cccn12. The van der Waals surface area contributed by atoms with Crippen LogP contribution in [-0.4, -0.2) is 20.5 Å². The van der Waals surface area contributed by atoms with E-state index < -0.39 is 0 Å². The first kappa shape index (κ1) is 12.2. The van der Waals surface area contributed by atoms with E-state index in [1.165, 1.54) is 0 Å². The maximum absolute atomic E-state index is 12.3. The molecule has 0 saturated carbocycles. The number of pyridine rings is 1. The summed E-state index contributed by atoms with van der Waals surface area (Å²) in [5, 5.41) is 10.8. The van der Waals surface area contributed by atoms with Gasteiger partial charge in [-0.1, -0.05) is 0 Å². The van der Waals surface area contributed by atoms with Crippen LogP contribution in [0.25, 0.3) is 5.65 Å². The minimum atomic E-state index is -0.229. The van der Waals surface area contributed by atoms with Crippen molar-refractivity contribution in [3.05, 3.63) is 54.0 Å². The van der Waals surface area contributed by atoms with Gasteiger partial charge in [-0.25, -0.2) is 0 Å². The third-order valence-electron chi connectivity index (χ3n) is 3.02. The fraction of sp³-hybridized carbons (Fsp3) is 0.0714. The van der Waals surface area contributed by atoms with Gasteiger partial charge in [-0.3, -0.25) is 9.20 Å². The molecule has 100 valence electrons. The molecule has 1 aromatic carbocycles. The summed E-state index contributed by atoms with van der Waals surface area (Å²) in [7, 11) is 0. The number of fused-ring (bicyclic) bond motifs is 1. The van der Waals surface area contributed by atoms with Crippen LogP contribution >= 0.6 is 0 Å². The summed E-state index contributed by atoms with van der Waals surface area (Å²) in [6, 6.07) is 10.5. The van der Waals surface area contributed by atoms with E-state index in [2.05, 4.69) is 15.5 Å². The number of nitrogen functional groups attached to an aromatic ring is 1. The van der Waals surface area contributed by atoms with Gasteiger partial charge in [-0.2, -0.15) is 0 Å². The zero-order valence-electron chi connectivity index (χ0n) is 10.9. The van der Waals surface area contributed by atoms with Gasteiger partial charge in [0.05, 0.1) is 5.56 Å². The van der Waals surface area contributed by atoms with Gasteiger partial charge < -0.3 is 11.1 Å². The molecule has 3 aromatic rings. The lowest BCUT2D eigenvalue weighted by atomic mass is 10.2. The molecule has 0 bridgehead atoms. The minimum Gasteiger partial charge on any atom is -0.399 e. The lowest BCUT2D eigenvalue weighted by Crippen LogP contribution is -2.13. The van der Waals surface area contributed by atoms with Crippen molar-refractivity contribution in [2.45, 2.75) is 6.92 Å². The second kappa shape index (κ2) is 4.65. The number of nitrogens with zero attached hydrogens (tertiary/aromatic N) is 3. The van der Waals surface area contributed by atoms with Crippen molar-refractivity contribution in [2.75, 3.05) is 11.1 Å². The molecule has 0 fully saturated rings. The Morgan fingerprint density at radius 3 is 2.70 bits per heavy atom. The highest BCUT2D eigenvalue weighted by Gasteiger charge is 2.13. The summed E-state index contributed by atoms with van der Waals surface area (Å²) in [5.74, 6) is 0.509. The number of carbonyl (C=O) groups excluding carboxylic acids is 1. The zero-order valence-corrected chi connectivity index (χ0v) is 10.9. The smallest absolute Gasteiger partial charge is 0.259 e. The van der Waals surface area contributed by atoms with Crippen LogP contribution in [0.4, 0.5) is 11.4 Å². The highest BCUT2D eigenvalue weighted by molar-refractivity contribution is 6.08. The van der Waals surface area contributed by atoms with Crippen molar-refractivity contribution in [1.82, 2.24) is 14.6 Å². The van der Waals surface area contributed by atoms with E-state index in [1.807, 2.05) is 13.1 Å². The Labute approximate surface area is 115 Å². The molecule has 6 heteroatoms. The molecule has 3 rings (SSSR count). The average molecular weight is 267 g/mol. The molecule has 0 radical (unpaired) electrons. The van der Waals surface area contributed by atoms with Crippen molar-refractivity contribution in [2.24, 2.45) is 0 Å². The molecule has 1 amide bonds. The summed E-state index contributed by atoms with van der Waals surface area (Å²) < 4.78 is 1.78. The van der Waals surface area contributed by atoms with Gasteiger partial charge in [0, 0.05) is 17.6 Å². The van der Waals surface area contributed by atoms with Crippen molar-refractivity contribution in [1.29, 1.82) is 0 Å². The number of aryl methyl sites for hydroxylation is 1. The highest BCUT2D eigenvalue weighted by atomic mass is 16.1. The van der Waals surface area contributed by atoms with Crippen LogP contribution in [-0.2, 0) is 0 Å². The number of benzene rings is 1. The summed E-state index contributed by atoms with van der Waals surface area (Å²) in [4.78, 5) is 12.3. The molecule has 3 N–H and O–H groups in total. The molecule has 0 saturated heterocycles. The summed E-state index contributed by atoms with van der Waals surface area (Å²) in [6.07, 6.45) is 1.82. The Balaban J connectivity index is 1.94. The first-order valence-corrected chi connectivity index (χ1v) is 6.12. The van der Waals surface area contributed by atoms with Crippen LogP contribution in [0.15, 0.2) is 42.6 Å². The number of hydrogen-bond donors (Lipinski definition) is 2. The van der Waals surface area contributed by atoms with E-state index in [4.69, 9.17) is 5.73 Å². The van der Waals surface area contributed by atoms with Gasteiger partial charge >= 0.3 is 0 Å². The van der Waals surface area contributed by atoms with E-state index >= 15 is 0 Å². The third kappa shape index (κ3) is 2.07. The molecule has 2 aromatic heterocycles. The van der Waals surface area contributed by atoms with Gasteiger partial charge in [0.25, 0.3) is 5.91 Å². The van der Waals surface area contributed by atoms with Crippen molar-refractivity contribution < 1.29 is 4.79 Å². The Morgan fingerprint density at radius 2 is 1.95 bits per heavy atom. The standard InChI is InChI=1S/C14H13N5O/c1-9-17-18-13-12(3-2-8-19(9)13)14(20)16-11-6-4-10(15)5-7-11/h2-8H,15H2,1H3,(H,16,20). The maximum Gasteiger partial charge on any atom is 0.259 e. The van der Waals surface area contributed by atoms with Crippen molar-refractivity contribution >= 4 is 22.9 Å². The van der Waals surface area contributed by atoms with Crippen LogP contribution < -0.4 is 11.1 Å². The second-order valence-corrected chi connectivity index (χ2v) is 4.44. The van der Waals surface area contributed by atoms with E-state index in [9.17, 15) is 4.79 Å². The number of rotatable bonds is 2. The van der Waals surface area contributed by atoms with Crippen LogP contribution in [0.3, 0.4) is 0 Å². The number of aromatic nitrogens is 3. The second-order valence-electron chi connectivity index (χ2n) is 4.44. The fourth-order valence-corrected chi connectivity index (χ4v) is 1.97. The van der Waals surface area contributed by atoms with Gasteiger partial charge in [0.15, 0.2) is 5.65 Å². The van der Waals surface area contributed by atoms with Crippen molar-refractivity contribution in [3.8, 4) is 0 Å².